The molecular formula is C30H19Cl3F4N2O4S. The van der Waals surface area contributed by atoms with E-state index in [0.717, 1.165) is 4.57 Å². The first-order valence-corrected chi connectivity index (χ1v) is 14.7. The summed E-state index contributed by atoms with van der Waals surface area (Å²) in [4.78, 5) is 30.3. The lowest BCUT2D eigenvalue weighted by Gasteiger charge is -2.26. The molecule has 44 heavy (non-hydrogen) atoms. The summed E-state index contributed by atoms with van der Waals surface area (Å²) in [5.41, 5.74) is -2.48. The molecule has 6 nitrogen and oxygen atoms in total. The molecule has 1 aromatic heterocycles. The van der Waals surface area contributed by atoms with Gasteiger partial charge in [-0.25, -0.2) is 14.2 Å². The summed E-state index contributed by atoms with van der Waals surface area (Å²) in [6.07, 6.45) is -3.73. The van der Waals surface area contributed by atoms with Gasteiger partial charge in [-0.1, -0.05) is 76.5 Å². The van der Waals surface area contributed by atoms with E-state index < -0.39 is 40.8 Å². The van der Waals surface area contributed by atoms with Gasteiger partial charge in [-0.05, 0) is 48.9 Å². The number of alkyl halides is 3. The highest BCUT2D eigenvalue weighted by atomic mass is 35.5. The highest BCUT2D eigenvalue weighted by Crippen LogP contribution is 2.39. The van der Waals surface area contributed by atoms with Gasteiger partial charge >= 0.3 is 12.1 Å². The Labute approximate surface area is 266 Å². The smallest absolute Gasteiger partial charge is 0.434 e. The van der Waals surface area contributed by atoms with E-state index >= 15 is 0 Å². The number of nitrogens with zero attached hydrogens (tertiary/aromatic N) is 2. The van der Waals surface area contributed by atoms with Crippen molar-refractivity contribution < 1.29 is 31.8 Å². The second kappa shape index (κ2) is 12.8. The standard InChI is InChI=1S/C30H19Cl3F4N2O4S/c1-2-42-28(41)23-24(15-7-9-18(31)10-8-15)39-27(40)22(44-29(39)38-26(23)30(35,36)37)12-17-11-19(32)13-20(33)25(17)43-14-16-5-3-4-6-21(16)34/h3-13,24H,2,14H2,1H3/b22-12-/t24-/m1/s1. The average molecular weight is 686 g/mol. The number of allylic oxidation sites excluding steroid dienone is 1. The third-order valence-corrected chi connectivity index (χ3v) is 8.17. The molecule has 2 heterocycles. The van der Waals surface area contributed by atoms with Gasteiger partial charge in [0.2, 0.25) is 0 Å². The molecule has 0 radical (unpaired) electrons. The first kappa shape index (κ1) is 31.8. The van der Waals surface area contributed by atoms with E-state index in [-0.39, 0.29) is 55.0 Å². The Morgan fingerprint density at radius 3 is 2.43 bits per heavy atom. The van der Waals surface area contributed by atoms with Crippen LogP contribution in [-0.2, 0) is 16.1 Å². The van der Waals surface area contributed by atoms with Crippen molar-refractivity contribution in [3.05, 3.63) is 129 Å². The Hall–Kier alpha value is -3.64. The van der Waals surface area contributed by atoms with Crippen molar-refractivity contribution >= 4 is 58.2 Å². The quantitative estimate of drug-likeness (QED) is 0.155. The van der Waals surface area contributed by atoms with Gasteiger partial charge in [0.25, 0.3) is 5.56 Å². The van der Waals surface area contributed by atoms with Crippen LogP contribution in [-0.4, -0.2) is 23.3 Å². The first-order chi connectivity index (χ1) is 20.9. The Bertz CT molecular complexity index is 1970. The largest absolute Gasteiger partial charge is 0.487 e. The fourth-order valence-electron chi connectivity index (χ4n) is 4.55. The molecule has 0 N–H and O–H groups in total. The van der Waals surface area contributed by atoms with Crippen molar-refractivity contribution in [3.8, 4) is 5.75 Å². The normalized spacial score (nSPS) is 15.2. The van der Waals surface area contributed by atoms with E-state index in [4.69, 9.17) is 44.3 Å². The third-order valence-electron chi connectivity index (χ3n) is 6.43. The summed E-state index contributed by atoms with van der Waals surface area (Å²) < 4.78 is 69.0. The summed E-state index contributed by atoms with van der Waals surface area (Å²) in [7, 11) is 0. The maximum Gasteiger partial charge on any atom is 0.434 e. The van der Waals surface area contributed by atoms with Crippen LogP contribution >= 0.6 is 46.1 Å². The number of aromatic nitrogens is 1. The molecule has 1 aliphatic heterocycles. The molecule has 228 valence electrons. The van der Waals surface area contributed by atoms with Crippen LogP contribution < -0.4 is 19.6 Å². The highest BCUT2D eigenvalue weighted by molar-refractivity contribution is 7.07. The van der Waals surface area contributed by atoms with Crippen LogP contribution in [0.1, 0.15) is 29.7 Å². The number of ether oxygens (including phenoxy) is 2. The fourth-order valence-corrected chi connectivity index (χ4v) is 6.23. The number of thiazole rings is 1. The molecule has 14 heteroatoms. The van der Waals surface area contributed by atoms with Crippen molar-refractivity contribution in [2.75, 3.05) is 6.61 Å². The molecular weight excluding hydrogens is 667 g/mol. The molecule has 0 unspecified atom stereocenters. The molecule has 0 amide bonds. The third kappa shape index (κ3) is 6.41. The molecule has 5 rings (SSSR count). The number of benzene rings is 3. The highest BCUT2D eigenvalue weighted by Gasteiger charge is 2.45. The van der Waals surface area contributed by atoms with Crippen molar-refractivity contribution in [2.45, 2.75) is 25.7 Å². The summed E-state index contributed by atoms with van der Waals surface area (Å²) in [6, 6.07) is 12.9. The molecule has 1 atom stereocenters. The van der Waals surface area contributed by atoms with Gasteiger partial charge in [0.05, 0.1) is 27.8 Å². The number of fused-ring (bicyclic) bond motifs is 1. The SMILES string of the molecule is CCOC(=O)C1=C(C(F)(F)F)N=c2s/c(=C\c3cc(Cl)cc(Cl)c3OCc3ccccc3F)c(=O)n2[C@@H]1c1ccc(Cl)cc1. The maximum absolute atomic E-state index is 14.3. The van der Waals surface area contributed by atoms with E-state index in [1.807, 2.05) is 0 Å². The van der Waals surface area contributed by atoms with Gasteiger partial charge in [0.1, 0.15) is 18.2 Å². The summed E-state index contributed by atoms with van der Waals surface area (Å²) in [5.74, 6) is -1.72. The van der Waals surface area contributed by atoms with Gasteiger partial charge < -0.3 is 9.47 Å². The van der Waals surface area contributed by atoms with Gasteiger partial charge in [0, 0.05) is 21.2 Å². The summed E-state index contributed by atoms with van der Waals surface area (Å²) >= 11 is 19.3. The number of esters is 1. The fraction of sp³-hybridized carbons (Fsp3) is 0.167. The molecule has 0 saturated heterocycles. The number of hydrogen-bond donors (Lipinski definition) is 0. The molecule has 1 aliphatic rings. The van der Waals surface area contributed by atoms with Crippen LogP contribution in [0.15, 0.2) is 81.7 Å². The van der Waals surface area contributed by atoms with Crippen LogP contribution in [0.25, 0.3) is 6.08 Å². The minimum atomic E-state index is -5.06. The lowest BCUT2D eigenvalue weighted by atomic mass is 9.95. The van der Waals surface area contributed by atoms with Gasteiger partial charge in [0.15, 0.2) is 10.5 Å². The van der Waals surface area contributed by atoms with Crippen LogP contribution in [0.5, 0.6) is 5.75 Å². The molecule has 0 spiro atoms. The van der Waals surface area contributed by atoms with Crippen LogP contribution in [0.3, 0.4) is 0 Å². The van der Waals surface area contributed by atoms with Crippen LogP contribution in [0, 0.1) is 5.82 Å². The lowest BCUT2D eigenvalue weighted by molar-refractivity contribution is -0.140. The predicted octanol–water partition coefficient (Wildman–Crippen LogP) is 7.02. The minimum absolute atomic E-state index is 0.0517. The van der Waals surface area contributed by atoms with E-state index in [1.54, 1.807) is 6.07 Å². The lowest BCUT2D eigenvalue weighted by Crippen LogP contribution is -2.41. The molecule has 4 aromatic rings. The van der Waals surface area contributed by atoms with Crippen LogP contribution in [0.2, 0.25) is 15.1 Å². The molecule has 0 saturated carbocycles. The number of rotatable bonds is 7. The second-order valence-corrected chi connectivity index (χ2v) is 11.6. The summed E-state index contributed by atoms with van der Waals surface area (Å²) in [5, 5.41) is 0.519. The second-order valence-electron chi connectivity index (χ2n) is 9.30. The van der Waals surface area contributed by atoms with Crippen LogP contribution in [0.4, 0.5) is 17.6 Å². The maximum atomic E-state index is 14.3. The van der Waals surface area contributed by atoms with E-state index in [0.29, 0.717) is 16.4 Å². The zero-order valence-corrected chi connectivity index (χ0v) is 25.5. The van der Waals surface area contributed by atoms with Gasteiger partial charge in [-0.2, -0.15) is 13.2 Å². The Morgan fingerprint density at radius 2 is 1.77 bits per heavy atom. The van der Waals surface area contributed by atoms with Gasteiger partial charge in [-0.15, -0.1) is 0 Å². The van der Waals surface area contributed by atoms with Gasteiger partial charge in [-0.3, -0.25) is 9.36 Å². The zero-order valence-electron chi connectivity index (χ0n) is 22.4. The first-order valence-electron chi connectivity index (χ1n) is 12.8. The van der Waals surface area contributed by atoms with E-state index in [2.05, 4.69) is 4.99 Å². The Morgan fingerprint density at radius 1 is 1.07 bits per heavy atom. The number of carbonyl (C=O) groups is 1. The van der Waals surface area contributed by atoms with E-state index in [1.165, 1.54) is 67.6 Å². The van der Waals surface area contributed by atoms with Crippen molar-refractivity contribution in [1.82, 2.24) is 4.57 Å². The number of halogens is 7. The monoisotopic (exact) mass is 684 g/mol. The molecule has 0 bridgehead atoms. The average Bonchev–Trinajstić information content (AvgIpc) is 3.27. The van der Waals surface area contributed by atoms with Crippen molar-refractivity contribution in [3.63, 3.8) is 0 Å². The summed E-state index contributed by atoms with van der Waals surface area (Å²) in [6.45, 7) is 1.02. The predicted molar refractivity (Wildman–Crippen MR) is 159 cm³/mol. The Balaban J connectivity index is 1.72. The topological polar surface area (TPSA) is 69.9 Å². The number of hydrogen-bond acceptors (Lipinski definition) is 6. The molecule has 0 fully saturated rings. The Kier molecular flexibility index (Phi) is 9.22. The minimum Gasteiger partial charge on any atom is -0.487 e. The van der Waals surface area contributed by atoms with Crippen molar-refractivity contribution in [1.29, 1.82) is 0 Å². The van der Waals surface area contributed by atoms with Crippen molar-refractivity contribution in [2.24, 2.45) is 4.99 Å². The molecule has 0 aliphatic carbocycles. The number of carbonyl (C=O) groups excluding carboxylic acids is 1. The van der Waals surface area contributed by atoms with E-state index in [9.17, 15) is 27.2 Å². The zero-order chi connectivity index (χ0) is 31.8. The molecule has 3 aromatic carbocycles.